The van der Waals surface area contributed by atoms with Crippen LogP contribution in [0.1, 0.15) is 79.6 Å². The molecule has 3 rings (SSSR count). The van der Waals surface area contributed by atoms with Gasteiger partial charge >= 0.3 is 0 Å². The van der Waals surface area contributed by atoms with Crippen molar-refractivity contribution in [3.05, 3.63) is 21.4 Å². The highest BCUT2D eigenvalue weighted by atomic mass is 32.1. The zero-order valence-electron chi connectivity index (χ0n) is 13.4. The van der Waals surface area contributed by atoms with E-state index in [4.69, 9.17) is 5.84 Å². The van der Waals surface area contributed by atoms with Gasteiger partial charge in [-0.05, 0) is 62.0 Å². The standard InChI is InChI=1S/C18H30N2S/c1-2-13-8-10-14(11-9-13)18(20-19)17-12-15-6-4-3-5-7-16(15)21-17/h12-14,18,20H,2-11,19H2,1H3. The van der Waals surface area contributed by atoms with Gasteiger partial charge in [-0.2, -0.15) is 0 Å². The molecule has 1 saturated carbocycles. The second kappa shape index (κ2) is 7.26. The number of aryl methyl sites for hydroxylation is 2. The van der Waals surface area contributed by atoms with Crippen LogP contribution in [0.5, 0.6) is 0 Å². The molecule has 2 nitrogen and oxygen atoms in total. The predicted octanol–water partition coefficient (Wildman–Crippen LogP) is 4.74. The summed E-state index contributed by atoms with van der Waals surface area (Å²) >= 11 is 2.04. The third kappa shape index (κ3) is 3.52. The molecule has 1 aromatic heterocycles. The SMILES string of the molecule is CCC1CCC(C(NN)c2cc3c(s2)CCCCC3)CC1. The first kappa shape index (κ1) is 15.5. The van der Waals surface area contributed by atoms with Gasteiger partial charge in [-0.3, -0.25) is 11.3 Å². The van der Waals surface area contributed by atoms with E-state index in [0.717, 1.165) is 11.8 Å². The zero-order chi connectivity index (χ0) is 14.7. The molecular weight excluding hydrogens is 276 g/mol. The van der Waals surface area contributed by atoms with Gasteiger partial charge in [-0.15, -0.1) is 11.3 Å². The van der Waals surface area contributed by atoms with E-state index < -0.39 is 0 Å². The van der Waals surface area contributed by atoms with Gasteiger partial charge in [0.25, 0.3) is 0 Å². The van der Waals surface area contributed by atoms with Gasteiger partial charge < -0.3 is 0 Å². The minimum Gasteiger partial charge on any atom is -0.271 e. The van der Waals surface area contributed by atoms with Crippen molar-refractivity contribution in [2.75, 3.05) is 0 Å². The minimum absolute atomic E-state index is 0.389. The number of thiophene rings is 1. The number of hydrogen-bond acceptors (Lipinski definition) is 3. The van der Waals surface area contributed by atoms with Crippen LogP contribution in [-0.2, 0) is 12.8 Å². The Morgan fingerprint density at radius 2 is 1.95 bits per heavy atom. The van der Waals surface area contributed by atoms with Gasteiger partial charge in [0, 0.05) is 9.75 Å². The number of fused-ring (bicyclic) bond motifs is 1. The summed E-state index contributed by atoms with van der Waals surface area (Å²) in [5.41, 5.74) is 4.78. The average Bonchev–Trinajstić information content (AvgIpc) is 2.79. The maximum Gasteiger partial charge on any atom is 0.0581 e. The van der Waals surface area contributed by atoms with E-state index >= 15 is 0 Å². The molecule has 1 unspecified atom stereocenters. The maximum atomic E-state index is 5.95. The molecule has 1 aromatic rings. The molecule has 0 aromatic carbocycles. The largest absolute Gasteiger partial charge is 0.271 e. The Morgan fingerprint density at radius 3 is 2.67 bits per heavy atom. The number of nitrogens with one attached hydrogen (secondary N) is 1. The topological polar surface area (TPSA) is 38.0 Å². The van der Waals surface area contributed by atoms with Gasteiger partial charge in [-0.25, -0.2) is 0 Å². The van der Waals surface area contributed by atoms with Gasteiger partial charge in [-0.1, -0.05) is 32.6 Å². The first-order chi connectivity index (χ1) is 10.3. The van der Waals surface area contributed by atoms with Crippen molar-refractivity contribution in [2.45, 2.75) is 77.2 Å². The van der Waals surface area contributed by atoms with Crippen LogP contribution >= 0.6 is 11.3 Å². The average molecular weight is 307 g/mol. The number of hydrazine groups is 1. The fourth-order valence-corrected chi connectivity index (χ4v) is 5.64. The van der Waals surface area contributed by atoms with Gasteiger partial charge in [0.2, 0.25) is 0 Å². The van der Waals surface area contributed by atoms with Gasteiger partial charge in [0.1, 0.15) is 0 Å². The van der Waals surface area contributed by atoms with Crippen molar-refractivity contribution in [3.8, 4) is 0 Å². The molecule has 3 heteroatoms. The quantitative estimate of drug-likeness (QED) is 0.479. The molecule has 2 aliphatic carbocycles. The van der Waals surface area contributed by atoms with Crippen molar-refractivity contribution in [1.82, 2.24) is 5.43 Å². The molecule has 21 heavy (non-hydrogen) atoms. The number of rotatable bonds is 4. The Kier molecular flexibility index (Phi) is 5.36. The molecule has 0 spiro atoms. The Bertz CT molecular complexity index is 423. The highest BCUT2D eigenvalue weighted by Gasteiger charge is 2.29. The Labute approximate surface area is 133 Å². The number of hydrogen-bond donors (Lipinski definition) is 2. The molecule has 1 heterocycles. The summed E-state index contributed by atoms with van der Waals surface area (Å²) in [7, 11) is 0. The molecule has 118 valence electrons. The summed E-state index contributed by atoms with van der Waals surface area (Å²) in [5, 5.41) is 0. The maximum absolute atomic E-state index is 5.95. The summed E-state index contributed by atoms with van der Waals surface area (Å²) in [6.07, 6.45) is 13.5. The summed E-state index contributed by atoms with van der Waals surface area (Å²) in [6, 6.07) is 2.86. The van der Waals surface area contributed by atoms with Gasteiger partial charge in [0.15, 0.2) is 0 Å². The van der Waals surface area contributed by atoms with E-state index in [1.165, 1.54) is 69.1 Å². The lowest BCUT2D eigenvalue weighted by Crippen LogP contribution is -2.34. The van der Waals surface area contributed by atoms with Crippen molar-refractivity contribution in [1.29, 1.82) is 0 Å². The lowest BCUT2D eigenvalue weighted by atomic mass is 9.77. The second-order valence-electron chi connectivity index (χ2n) is 6.99. The second-order valence-corrected chi connectivity index (χ2v) is 8.16. The van der Waals surface area contributed by atoms with Crippen LogP contribution in [0, 0.1) is 11.8 Å². The zero-order valence-corrected chi connectivity index (χ0v) is 14.2. The molecule has 0 aliphatic heterocycles. The molecule has 0 amide bonds. The van der Waals surface area contributed by atoms with Crippen LogP contribution in [-0.4, -0.2) is 0 Å². The number of nitrogens with two attached hydrogens (primary N) is 1. The predicted molar refractivity (Wildman–Crippen MR) is 91.4 cm³/mol. The fraction of sp³-hybridized carbons (Fsp3) is 0.778. The Hall–Kier alpha value is -0.380. The smallest absolute Gasteiger partial charge is 0.0581 e. The molecule has 2 aliphatic rings. The molecule has 1 atom stereocenters. The molecule has 3 N–H and O–H groups in total. The van der Waals surface area contributed by atoms with E-state index in [1.54, 1.807) is 10.4 Å². The fourth-order valence-electron chi connectivity index (χ4n) is 4.22. The highest BCUT2D eigenvalue weighted by molar-refractivity contribution is 7.12. The summed E-state index contributed by atoms with van der Waals surface area (Å²) in [6.45, 7) is 2.33. The first-order valence-electron chi connectivity index (χ1n) is 8.89. The van der Waals surface area contributed by atoms with Crippen molar-refractivity contribution < 1.29 is 0 Å². The Balaban J connectivity index is 1.71. The lowest BCUT2D eigenvalue weighted by Gasteiger charge is -2.32. The van der Waals surface area contributed by atoms with Crippen molar-refractivity contribution in [3.63, 3.8) is 0 Å². The van der Waals surface area contributed by atoms with E-state index in [1.807, 2.05) is 11.3 Å². The minimum atomic E-state index is 0.389. The van der Waals surface area contributed by atoms with Crippen LogP contribution in [0.15, 0.2) is 6.07 Å². The molecular formula is C18H30N2S. The third-order valence-electron chi connectivity index (χ3n) is 5.69. The van der Waals surface area contributed by atoms with Crippen LogP contribution in [0.4, 0.5) is 0 Å². The van der Waals surface area contributed by atoms with E-state index in [-0.39, 0.29) is 0 Å². The first-order valence-corrected chi connectivity index (χ1v) is 9.71. The normalized spacial score (nSPS) is 27.9. The van der Waals surface area contributed by atoms with Crippen LogP contribution in [0.3, 0.4) is 0 Å². The van der Waals surface area contributed by atoms with E-state index in [0.29, 0.717) is 6.04 Å². The van der Waals surface area contributed by atoms with Gasteiger partial charge in [0.05, 0.1) is 6.04 Å². The molecule has 0 bridgehead atoms. The summed E-state index contributed by atoms with van der Waals surface area (Å²) in [5.74, 6) is 7.64. The monoisotopic (exact) mass is 306 g/mol. The molecule has 1 fully saturated rings. The molecule has 0 radical (unpaired) electrons. The van der Waals surface area contributed by atoms with Crippen molar-refractivity contribution in [2.24, 2.45) is 17.7 Å². The molecule has 0 saturated heterocycles. The van der Waals surface area contributed by atoms with Crippen LogP contribution in [0.2, 0.25) is 0 Å². The van der Waals surface area contributed by atoms with E-state index in [2.05, 4.69) is 18.4 Å². The highest BCUT2D eigenvalue weighted by Crippen LogP contribution is 2.41. The third-order valence-corrected chi connectivity index (χ3v) is 7.01. The lowest BCUT2D eigenvalue weighted by molar-refractivity contribution is 0.221. The summed E-state index contributed by atoms with van der Waals surface area (Å²) < 4.78 is 0. The summed E-state index contributed by atoms with van der Waals surface area (Å²) in [4.78, 5) is 3.15. The van der Waals surface area contributed by atoms with Crippen molar-refractivity contribution >= 4 is 11.3 Å². The van der Waals surface area contributed by atoms with Crippen LogP contribution in [0.25, 0.3) is 0 Å². The van der Waals surface area contributed by atoms with E-state index in [9.17, 15) is 0 Å². The van der Waals surface area contributed by atoms with Crippen LogP contribution < -0.4 is 11.3 Å². The Morgan fingerprint density at radius 1 is 1.19 bits per heavy atom.